The highest BCUT2D eigenvalue weighted by Crippen LogP contribution is 2.31. The van der Waals surface area contributed by atoms with Gasteiger partial charge in [0.15, 0.2) is 0 Å². The number of rotatable bonds is 2. The molecule has 3 N–H and O–H groups in total. The number of fused-ring (bicyclic) bond motifs is 1. The lowest BCUT2D eigenvalue weighted by atomic mass is 10.1. The lowest BCUT2D eigenvalue weighted by Gasteiger charge is -2.25. The third-order valence-electron chi connectivity index (χ3n) is 3.36. The normalized spacial score (nSPS) is 24.0. The molecule has 1 aromatic rings. The SMILES string of the molecule is CC(C)(C)S(=O)(=O)NC1c2ccccc2CC1N. The molecule has 1 aliphatic carbocycles. The van der Waals surface area contributed by atoms with Gasteiger partial charge in [-0.1, -0.05) is 24.3 Å². The van der Waals surface area contributed by atoms with Gasteiger partial charge in [0.05, 0.1) is 10.8 Å². The van der Waals surface area contributed by atoms with Crippen molar-refractivity contribution in [1.29, 1.82) is 0 Å². The van der Waals surface area contributed by atoms with Crippen LogP contribution < -0.4 is 10.5 Å². The van der Waals surface area contributed by atoms with Gasteiger partial charge in [-0.2, -0.15) is 0 Å². The highest BCUT2D eigenvalue weighted by atomic mass is 32.2. The van der Waals surface area contributed by atoms with E-state index in [0.717, 1.165) is 11.1 Å². The van der Waals surface area contributed by atoms with Gasteiger partial charge in [-0.3, -0.25) is 0 Å². The van der Waals surface area contributed by atoms with Gasteiger partial charge in [0, 0.05) is 6.04 Å². The van der Waals surface area contributed by atoms with E-state index in [0.29, 0.717) is 6.42 Å². The van der Waals surface area contributed by atoms with Crippen LogP contribution in [0.5, 0.6) is 0 Å². The summed E-state index contributed by atoms with van der Waals surface area (Å²) in [5, 5.41) is 0. The molecule has 0 amide bonds. The molecule has 5 heteroatoms. The zero-order chi connectivity index (χ0) is 13.6. The van der Waals surface area contributed by atoms with Crippen LogP contribution >= 0.6 is 0 Å². The first-order valence-corrected chi connectivity index (χ1v) is 7.56. The first-order valence-electron chi connectivity index (χ1n) is 6.07. The zero-order valence-corrected chi connectivity index (χ0v) is 11.8. The van der Waals surface area contributed by atoms with Crippen LogP contribution in [-0.2, 0) is 16.4 Å². The second-order valence-electron chi connectivity index (χ2n) is 5.78. The molecule has 0 fully saturated rings. The van der Waals surface area contributed by atoms with Crippen LogP contribution in [0.1, 0.15) is 37.9 Å². The summed E-state index contributed by atoms with van der Waals surface area (Å²) in [6.45, 7) is 5.05. The van der Waals surface area contributed by atoms with E-state index in [9.17, 15) is 8.42 Å². The van der Waals surface area contributed by atoms with Gasteiger partial charge in [-0.25, -0.2) is 13.1 Å². The van der Waals surface area contributed by atoms with Crippen molar-refractivity contribution in [2.24, 2.45) is 5.73 Å². The standard InChI is InChI=1S/C13H20N2O2S/c1-13(2,3)18(16,17)15-12-10-7-5-4-6-9(10)8-11(12)14/h4-7,11-12,15H,8,14H2,1-3H3. The predicted molar refractivity (Wildman–Crippen MR) is 72.7 cm³/mol. The quantitative estimate of drug-likeness (QED) is 0.850. The van der Waals surface area contributed by atoms with Gasteiger partial charge >= 0.3 is 0 Å². The predicted octanol–water partition coefficient (Wildman–Crippen LogP) is 1.33. The average molecular weight is 268 g/mol. The van der Waals surface area contributed by atoms with Crippen molar-refractivity contribution in [1.82, 2.24) is 4.72 Å². The molecule has 2 unspecified atom stereocenters. The fraction of sp³-hybridized carbons (Fsp3) is 0.538. The van der Waals surface area contributed by atoms with E-state index in [1.807, 2.05) is 24.3 Å². The van der Waals surface area contributed by atoms with Gasteiger partial charge in [0.1, 0.15) is 0 Å². The molecule has 1 aromatic carbocycles. The van der Waals surface area contributed by atoms with E-state index >= 15 is 0 Å². The van der Waals surface area contributed by atoms with Crippen LogP contribution in [0.2, 0.25) is 0 Å². The Morgan fingerprint density at radius 2 is 1.89 bits per heavy atom. The van der Waals surface area contributed by atoms with Crippen LogP contribution in [0, 0.1) is 0 Å². The minimum atomic E-state index is -3.39. The summed E-state index contributed by atoms with van der Waals surface area (Å²) in [6, 6.07) is 7.30. The fourth-order valence-electron chi connectivity index (χ4n) is 2.12. The molecule has 0 aliphatic heterocycles. The molecule has 18 heavy (non-hydrogen) atoms. The summed E-state index contributed by atoms with van der Waals surface area (Å²) in [5.41, 5.74) is 8.18. The van der Waals surface area contributed by atoms with Crippen molar-refractivity contribution in [3.8, 4) is 0 Å². The maximum Gasteiger partial charge on any atom is 0.217 e. The van der Waals surface area contributed by atoms with E-state index in [1.165, 1.54) is 0 Å². The Labute approximate surface area is 109 Å². The van der Waals surface area contributed by atoms with E-state index in [1.54, 1.807) is 20.8 Å². The lowest BCUT2D eigenvalue weighted by molar-refractivity contribution is 0.497. The summed E-state index contributed by atoms with van der Waals surface area (Å²) < 4.78 is 26.3. The van der Waals surface area contributed by atoms with Gasteiger partial charge in [-0.15, -0.1) is 0 Å². The summed E-state index contributed by atoms with van der Waals surface area (Å²) in [5.74, 6) is 0. The summed E-state index contributed by atoms with van der Waals surface area (Å²) in [6.07, 6.45) is 0.716. The van der Waals surface area contributed by atoms with Crippen LogP contribution in [0.3, 0.4) is 0 Å². The molecule has 100 valence electrons. The van der Waals surface area contributed by atoms with E-state index in [2.05, 4.69) is 4.72 Å². The first kappa shape index (κ1) is 13.5. The molecular formula is C13H20N2O2S. The zero-order valence-electron chi connectivity index (χ0n) is 11.0. The number of benzene rings is 1. The van der Waals surface area contributed by atoms with Crippen molar-refractivity contribution in [3.05, 3.63) is 35.4 Å². The Morgan fingerprint density at radius 1 is 1.28 bits per heavy atom. The number of hydrogen-bond donors (Lipinski definition) is 2. The monoisotopic (exact) mass is 268 g/mol. The summed E-state index contributed by atoms with van der Waals surface area (Å²) in [4.78, 5) is 0. The van der Waals surface area contributed by atoms with Crippen LogP contribution in [0.25, 0.3) is 0 Å². The van der Waals surface area contributed by atoms with Gasteiger partial charge < -0.3 is 5.73 Å². The Balaban J connectivity index is 2.31. The van der Waals surface area contributed by atoms with Gasteiger partial charge in [-0.05, 0) is 38.3 Å². The molecule has 0 bridgehead atoms. The molecule has 0 spiro atoms. The van der Waals surface area contributed by atoms with Crippen LogP contribution in [0.15, 0.2) is 24.3 Å². The number of hydrogen-bond acceptors (Lipinski definition) is 3. The largest absolute Gasteiger partial charge is 0.326 e. The smallest absolute Gasteiger partial charge is 0.217 e. The Morgan fingerprint density at radius 3 is 2.50 bits per heavy atom. The molecule has 4 nitrogen and oxygen atoms in total. The summed E-state index contributed by atoms with van der Waals surface area (Å²) >= 11 is 0. The highest BCUT2D eigenvalue weighted by molar-refractivity contribution is 7.90. The third kappa shape index (κ3) is 2.30. The van der Waals surface area contributed by atoms with E-state index in [-0.39, 0.29) is 12.1 Å². The molecule has 2 rings (SSSR count). The van der Waals surface area contributed by atoms with Crippen LogP contribution in [0.4, 0.5) is 0 Å². The van der Waals surface area contributed by atoms with Crippen molar-refractivity contribution in [2.75, 3.05) is 0 Å². The Hall–Kier alpha value is -0.910. The highest BCUT2D eigenvalue weighted by Gasteiger charge is 2.37. The van der Waals surface area contributed by atoms with E-state index in [4.69, 9.17) is 5.73 Å². The lowest BCUT2D eigenvalue weighted by Crippen LogP contribution is -2.45. The molecule has 1 aliphatic rings. The van der Waals surface area contributed by atoms with Crippen molar-refractivity contribution in [2.45, 2.75) is 44.0 Å². The van der Waals surface area contributed by atoms with E-state index < -0.39 is 14.8 Å². The van der Waals surface area contributed by atoms with Crippen molar-refractivity contribution in [3.63, 3.8) is 0 Å². The Bertz CT molecular complexity index is 546. The maximum absolute atomic E-state index is 12.2. The molecule has 0 aromatic heterocycles. The molecule has 0 heterocycles. The molecule has 0 radical (unpaired) electrons. The number of nitrogens with two attached hydrogens (primary N) is 1. The third-order valence-corrected chi connectivity index (χ3v) is 5.54. The van der Waals surface area contributed by atoms with Crippen molar-refractivity contribution >= 4 is 10.0 Å². The van der Waals surface area contributed by atoms with Gasteiger partial charge in [0.2, 0.25) is 10.0 Å². The average Bonchev–Trinajstić information content (AvgIpc) is 2.54. The molecule has 0 saturated carbocycles. The minimum absolute atomic E-state index is 0.195. The molecule has 0 saturated heterocycles. The topological polar surface area (TPSA) is 72.2 Å². The second-order valence-corrected chi connectivity index (χ2v) is 8.25. The number of sulfonamides is 1. The van der Waals surface area contributed by atoms with Crippen LogP contribution in [-0.4, -0.2) is 19.2 Å². The summed E-state index contributed by atoms with van der Waals surface area (Å²) in [7, 11) is -3.39. The molecule has 2 atom stereocenters. The second kappa shape index (κ2) is 4.33. The number of nitrogens with one attached hydrogen (secondary N) is 1. The Kier molecular flexibility index (Phi) is 3.25. The maximum atomic E-state index is 12.2. The first-order chi connectivity index (χ1) is 8.22. The minimum Gasteiger partial charge on any atom is -0.326 e. The van der Waals surface area contributed by atoms with Gasteiger partial charge in [0.25, 0.3) is 0 Å². The fourth-order valence-corrected chi connectivity index (χ4v) is 3.11. The van der Waals surface area contributed by atoms with Crippen molar-refractivity contribution < 1.29 is 8.42 Å². The molecular weight excluding hydrogens is 248 g/mol.